The standard InChI is InChI=1S/C14H17.C13H25NO.2C3H8O.Si.Ti/c1-8-6-10(3)14-12(5)9(2)7-13(14)11(8)4;14-13(15)12-10-8-6-4-2-1-3-5-7-9-11-12;2*1-3(2)4;;/h6-7H,1-5H3;12H,1-11H2,(H2,14,15);2*3-4H,1-2H3;;/q-1;;;;;+2/p-1. The summed E-state index contributed by atoms with van der Waals surface area (Å²) < 4.78 is 0. The molecule has 4 nitrogen and oxygen atoms in total. The third-order valence-electron chi connectivity index (χ3n) is 6.90. The molecule has 1 amide bonds. The summed E-state index contributed by atoms with van der Waals surface area (Å²) in [6.45, 7) is 17.9. The quantitative estimate of drug-likeness (QED) is 0.257. The molecule has 0 saturated heterocycles. The molecule has 39 heavy (non-hydrogen) atoms. The van der Waals surface area contributed by atoms with Crippen LogP contribution >= 0.6 is 0 Å². The monoisotopic (exact) mass is 591 g/mol. The Bertz CT molecular complexity index is 885. The van der Waals surface area contributed by atoms with Crippen molar-refractivity contribution >= 4 is 27.6 Å². The molecule has 4 radical (unpaired) electrons. The van der Waals surface area contributed by atoms with Crippen molar-refractivity contribution in [2.24, 2.45) is 5.92 Å². The Morgan fingerprint density at radius 2 is 1.13 bits per heavy atom. The summed E-state index contributed by atoms with van der Waals surface area (Å²) in [5.74, 6) is -0.281. The van der Waals surface area contributed by atoms with E-state index in [0.717, 1.165) is 25.7 Å². The summed E-state index contributed by atoms with van der Waals surface area (Å²) in [7, 11) is 0. The molecule has 3 N–H and O–H groups in total. The van der Waals surface area contributed by atoms with Crippen LogP contribution in [0.1, 0.15) is 126 Å². The van der Waals surface area contributed by atoms with E-state index in [0.29, 0.717) is 0 Å². The molecule has 0 bridgehead atoms. The van der Waals surface area contributed by atoms with Gasteiger partial charge in [0.25, 0.3) is 0 Å². The van der Waals surface area contributed by atoms with E-state index in [1.165, 1.54) is 83.5 Å². The van der Waals surface area contributed by atoms with Gasteiger partial charge in [0, 0.05) is 29.1 Å². The normalized spacial score (nSPS) is 14.6. The van der Waals surface area contributed by atoms with Crippen LogP contribution in [0.15, 0.2) is 12.1 Å². The molecular formula is C33H57NO3SiTi. The molecule has 2 aromatic carbocycles. The first-order valence-corrected chi connectivity index (χ1v) is 14.5. The third kappa shape index (κ3) is 19.0. The van der Waals surface area contributed by atoms with Gasteiger partial charge in [-0.15, -0.1) is 28.0 Å². The maximum absolute atomic E-state index is 11.1. The van der Waals surface area contributed by atoms with Crippen molar-refractivity contribution in [1.29, 1.82) is 0 Å². The number of nitrogens with one attached hydrogen (secondary N) is 1. The van der Waals surface area contributed by atoms with E-state index in [1.54, 1.807) is 27.7 Å². The molecule has 0 atom stereocenters. The number of rotatable bonds is 1. The summed E-state index contributed by atoms with van der Waals surface area (Å²) in [5, 5.41) is 19.0. The fraction of sp³-hybridized carbons (Fsp3) is 0.697. The maximum atomic E-state index is 11.1. The first-order valence-electron chi connectivity index (χ1n) is 14.5. The predicted octanol–water partition coefficient (Wildman–Crippen LogP) is 8.98. The second kappa shape index (κ2) is 23.8. The van der Waals surface area contributed by atoms with Gasteiger partial charge in [-0.05, 0) is 54.4 Å². The summed E-state index contributed by atoms with van der Waals surface area (Å²) in [5.41, 5.74) is 14.3. The van der Waals surface area contributed by atoms with Crippen LogP contribution in [0.3, 0.4) is 0 Å². The van der Waals surface area contributed by atoms with E-state index in [4.69, 9.17) is 15.9 Å². The smallest absolute Gasteiger partial charge is 0.668 e. The number of fused-ring (bicyclic) bond motifs is 1. The van der Waals surface area contributed by atoms with Crippen molar-refractivity contribution in [3.8, 4) is 0 Å². The van der Waals surface area contributed by atoms with Crippen molar-refractivity contribution in [3.63, 3.8) is 0 Å². The zero-order chi connectivity index (χ0) is 28.5. The van der Waals surface area contributed by atoms with E-state index in [1.807, 2.05) is 0 Å². The van der Waals surface area contributed by atoms with Crippen LogP contribution in [-0.2, 0) is 26.5 Å². The topological polar surface area (TPSA) is 81.3 Å². The van der Waals surface area contributed by atoms with Gasteiger partial charge in [0.05, 0.1) is 5.91 Å². The van der Waals surface area contributed by atoms with Gasteiger partial charge in [0.15, 0.2) is 0 Å². The Hall–Kier alpha value is -0.849. The first kappa shape index (κ1) is 42.6. The predicted molar refractivity (Wildman–Crippen MR) is 167 cm³/mol. The molecule has 0 aliphatic heterocycles. The van der Waals surface area contributed by atoms with Crippen molar-refractivity contribution in [1.82, 2.24) is 0 Å². The van der Waals surface area contributed by atoms with Crippen LogP contribution in [0.25, 0.3) is 16.5 Å². The van der Waals surface area contributed by atoms with Gasteiger partial charge in [-0.3, -0.25) is 0 Å². The van der Waals surface area contributed by atoms with Crippen LogP contribution in [0.5, 0.6) is 0 Å². The molecule has 3 rings (SSSR count). The van der Waals surface area contributed by atoms with Gasteiger partial charge < -0.3 is 20.7 Å². The molecule has 0 heterocycles. The molecule has 0 aromatic heterocycles. The number of aliphatic hydroxyl groups excluding tert-OH is 2. The zero-order valence-corrected chi connectivity index (χ0v) is 29.0. The Kier molecular flexibility index (Phi) is 26.0. The van der Waals surface area contributed by atoms with Crippen molar-refractivity contribution in [2.75, 3.05) is 0 Å². The van der Waals surface area contributed by atoms with E-state index in [9.17, 15) is 4.79 Å². The maximum Gasteiger partial charge on any atom is 2.00 e. The zero-order valence-electron chi connectivity index (χ0n) is 26.5. The number of benzene rings is 1. The van der Waals surface area contributed by atoms with E-state index >= 15 is 0 Å². The van der Waals surface area contributed by atoms with Gasteiger partial charge >= 0.3 is 21.7 Å². The van der Waals surface area contributed by atoms with Gasteiger partial charge in [-0.2, -0.15) is 5.56 Å². The molecule has 1 aliphatic carbocycles. The minimum Gasteiger partial charge on any atom is -0.668 e. The number of hydrogen-bond acceptors (Lipinski definition) is 3. The number of hydrogen-bond donors (Lipinski definition) is 2. The van der Waals surface area contributed by atoms with Crippen molar-refractivity contribution in [3.05, 3.63) is 45.7 Å². The molecule has 220 valence electrons. The number of carbonyl (C=O) groups is 1. The number of aliphatic hydroxyl groups is 2. The van der Waals surface area contributed by atoms with E-state index < -0.39 is 0 Å². The van der Waals surface area contributed by atoms with Gasteiger partial charge in [-0.25, -0.2) is 0 Å². The second-order valence-corrected chi connectivity index (χ2v) is 11.4. The van der Waals surface area contributed by atoms with Crippen LogP contribution in [-0.4, -0.2) is 39.3 Å². The number of aryl methyl sites for hydroxylation is 5. The second-order valence-electron chi connectivity index (χ2n) is 11.4. The number of carbonyl (C=O) groups excluding carboxylic acids is 1. The minimum atomic E-state index is -0.327. The van der Waals surface area contributed by atoms with Gasteiger partial charge in [-0.1, -0.05) is 95.8 Å². The summed E-state index contributed by atoms with van der Waals surface area (Å²) >= 11 is 0. The largest absolute Gasteiger partial charge is 2.00 e. The van der Waals surface area contributed by atoms with Crippen LogP contribution in [0.4, 0.5) is 0 Å². The fourth-order valence-electron chi connectivity index (χ4n) is 4.74. The van der Waals surface area contributed by atoms with Gasteiger partial charge in [0.1, 0.15) is 0 Å². The summed E-state index contributed by atoms with van der Waals surface area (Å²) in [6.07, 6.45) is 13.1. The molecule has 0 spiro atoms. The fourth-order valence-corrected chi connectivity index (χ4v) is 4.74. The van der Waals surface area contributed by atoms with E-state index in [2.05, 4.69) is 46.8 Å². The molecule has 1 fully saturated rings. The first-order chi connectivity index (χ1) is 17.3. The molecule has 1 saturated carbocycles. The average Bonchev–Trinajstić information content (AvgIpc) is 3.07. The summed E-state index contributed by atoms with van der Waals surface area (Å²) in [4.78, 5) is 11.1. The van der Waals surface area contributed by atoms with Crippen LogP contribution in [0, 0.1) is 40.5 Å². The Balaban J connectivity index is -0.000000503. The number of amides is 1. The molecule has 2 aromatic rings. The van der Waals surface area contributed by atoms with Crippen molar-refractivity contribution in [2.45, 2.75) is 145 Å². The minimum absolute atomic E-state index is 0. The third-order valence-corrected chi connectivity index (χ3v) is 6.90. The SMILES string of the molecule is CC(C)O.CC(C)O.Cc1cc(C)c2c(C)c(C)[cH-]c2c1C.[NH-]C(=O)C1CCCCCCCCCCC1.[Si].[Ti+2]. The molecule has 1 aliphatic rings. The molecule has 0 unspecified atom stereocenters. The van der Waals surface area contributed by atoms with Gasteiger partial charge in [0.2, 0.25) is 0 Å². The molecule has 6 heteroatoms. The van der Waals surface area contributed by atoms with Crippen LogP contribution in [0.2, 0.25) is 0 Å². The molecular weight excluding hydrogens is 534 g/mol. The van der Waals surface area contributed by atoms with E-state index in [-0.39, 0.29) is 56.7 Å². The summed E-state index contributed by atoms with van der Waals surface area (Å²) in [6, 6.07) is 4.62. The van der Waals surface area contributed by atoms with Crippen molar-refractivity contribution < 1.29 is 36.7 Å². The Morgan fingerprint density at radius 3 is 1.49 bits per heavy atom. The van der Waals surface area contributed by atoms with Crippen LogP contribution < -0.4 is 0 Å². The Morgan fingerprint density at radius 1 is 0.769 bits per heavy atom. The average molecular weight is 592 g/mol. The Labute approximate surface area is 260 Å².